The number of halogens is 1. The molecule has 0 heterocycles. The van der Waals surface area contributed by atoms with Gasteiger partial charge in [-0.25, -0.2) is 4.99 Å². The van der Waals surface area contributed by atoms with Crippen LogP contribution in [0.1, 0.15) is 5.56 Å². The molecule has 0 aliphatic heterocycles. The van der Waals surface area contributed by atoms with E-state index in [0.29, 0.717) is 16.4 Å². The lowest BCUT2D eigenvalue weighted by Gasteiger charge is -1.97. The normalized spacial score (nSPS) is 11.3. The molecule has 0 fully saturated rings. The number of nitrogens with zero attached hydrogens (tertiary/aromatic N) is 1. The summed E-state index contributed by atoms with van der Waals surface area (Å²) in [6.07, 6.45) is 0. The van der Waals surface area contributed by atoms with Gasteiger partial charge in [-0.05, 0) is 30.3 Å². The monoisotopic (exact) mass is 276 g/mol. The van der Waals surface area contributed by atoms with Crippen molar-refractivity contribution in [2.75, 3.05) is 0 Å². The topological polar surface area (TPSA) is 83.1 Å². The molecule has 0 aliphatic carbocycles. The number of benzene rings is 2. The van der Waals surface area contributed by atoms with Crippen LogP contribution >= 0.6 is 11.6 Å². The third kappa shape index (κ3) is 3.29. The Kier molecular flexibility index (Phi) is 3.77. The number of hydrogen-bond donors (Lipinski definition) is 2. The van der Waals surface area contributed by atoms with Gasteiger partial charge in [0.1, 0.15) is 5.69 Å². The molecule has 6 heteroatoms. The number of rotatable bonds is 3. The highest BCUT2D eigenvalue weighted by Crippen LogP contribution is 2.12. The first-order valence-electron chi connectivity index (χ1n) is 5.46. The van der Waals surface area contributed by atoms with Crippen LogP contribution < -0.4 is 10.7 Å². The summed E-state index contributed by atoms with van der Waals surface area (Å²) in [4.78, 5) is 13.2. The number of non-ortho nitro benzene ring substituents is 1. The van der Waals surface area contributed by atoms with E-state index in [0.717, 1.165) is 5.69 Å². The first kappa shape index (κ1) is 13.0. The Bertz CT molecular complexity index is 639. The lowest BCUT2D eigenvalue weighted by atomic mass is 10.2. The fourth-order valence-electron chi connectivity index (χ4n) is 1.55. The summed E-state index contributed by atoms with van der Waals surface area (Å²) in [5.74, 6) is 0.339. The molecule has 0 unspecified atom stereocenters. The number of amidine groups is 1. The van der Waals surface area contributed by atoms with Crippen LogP contribution in [0.4, 0.5) is 11.4 Å². The van der Waals surface area contributed by atoms with Crippen LogP contribution in [0, 0.1) is 10.1 Å². The van der Waals surface area contributed by atoms with Gasteiger partial charge in [-0.2, -0.15) is 0 Å². The molecular formula is C13H11ClN3O2+. The van der Waals surface area contributed by atoms with E-state index in [1.165, 1.54) is 12.1 Å². The van der Waals surface area contributed by atoms with Crippen molar-refractivity contribution in [2.24, 2.45) is 5.73 Å². The van der Waals surface area contributed by atoms with Gasteiger partial charge in [0.25, 0.3) is 11.5 Å². The Balaban J connectivity index is 2.33. The second kappa shape index (κ2) is 5.49. The molecule has 2 aromatic carbocycles. The Labute approximate surface area is 114 Å². The molecule has 96 valence electrons. The lowest BCUT2D eigenvalue weighted by Crippen LogP contribution is -2.69. The maximum atomic E-state index is 10.7. The van der Waals surface area contributed by atoms with Gasteiger partial charge < -0.3 is 0 Å². The van der Waals surface area contributed by atoms with E-state index in [1.54, 1.807) is 36.4 Å². The maximum Gasteiger partial charge on any atom is 0.278 e. The minimum atomic E-state index is -0.459. The summed E-state index contributed by atoms with van der Waals surface area (Å²) in [6, 6.07) is 13.1. The quantitative estimate of drug-likeness (QED) is 0.384. The highest BCUT2D eigenvalue weighted by molar-refractivity contribution is 6.30. The van der Waals surface area contributed by atoms with E-state index >= 15 is 0 Å². The van der Waals surface area contributed by atoms with Crippen molar-refractivity contribution in [1.29, 1.82) is 0 Å². The van der Waals surface area contributed by atoms with Gasteiger partial charge in [-0.1, -0.05) is 17.7 Å². The minimum absolute atomic E-state index is 0.00152. The predicted molar refractivity (Wildman–Crippen MR) is 73.5 cm³/mol. The lowest BCUT2D eigenvalue weighted by molar-refractivity contribution is -0.385. The van der Waals surface area contributed by atoms with Crippen molar-refractivity contribution in [3.8, 4) is 0 Å². The van der Waals surface area contributed by atoms with Gasteiger partial charge in [0.05, 0.1) is 10.5 Å². The third-order valence-electron chi connectivity index (χ3n) is 2.49. The number of nitrogens with two attached hydrogens (primary N) is 1. The summed E-state index contributed by atoms with van der Waals surface area (Å²) in [6.45, 7) is 0. The second-order valence-corrected chi connectivity index (χ2v) is 4.29. The standard InChI is InChI=1S/C13H10ClN3O2/c14-10-4-6-11(7-5-10)16-13(15)9-2-1-3-12(8-9)17(18)19/h1-8H,(H2,15,16)/p+1. The molecule has 0 bridgehead atoms. The van der Waals surface area contributed by atoms with Crippen molar-refractivity contribution < 1.29 is 9.92 Å². The zero-order valence-electron chi connectivity index (χ0n) is 9.84. The molecule has 0 aliphatic rings. The van der Waals surface area contributed by atoms with Crippen LogP contribution in [0.25, 0.3) is 0 Å². The third-order valence-corrected chi connectivity index (χ3v) is 2.74. The molecule has 0 radical (unpaired) electrons. The van der Waals surface area contributed by atoms with E-state index in [1.807, 2.05) is 0 Å². The van der Waals surface area contributed by atoms with Crippen LogP contribution in [-0.4, -0.2) is 10.8 Å². The molecule has 0 saturated carbocycles. The zero-order chi connectivity index (χ0) is 13.8. The summed E-state index contributed by atoms with van der Waals surface area (Å²) in [5, 5.41) is 11.3. The molecule has 19 heavy (non-hydrogen) atoms. The highest BCUT2D eigenvalue weighted by Gasteiger charge is 2.11. The minimum Gasteiger partial charge on any atom is -0.287 e. The van der Waals surface area contributed by atoms with Crippen LogP contribution in [0.2, 0.25) is 5.02 Å². The van der Waals surface area contributed by atoms with Gasteiger partial charge in [-0.3, -0.25) is 15.8 Å². The largest absolute Gasteiger partial charge is 0.287 e. The van der Waals surface area contributed by atoms with E-state index in [4.69, 9.17) is 17.3 Å². The Morgan fingerprint density at radius 3 is 2.53 bits per heavy atom. The van der Waals surface area contributed by atoms with Gasteiger partial charge in [0.15, 0.2) is 0 Å². The highest BCUT2D eigenvalue weighted by atomic mass is 35.5. The molecule has 0 saturated heterocycles. The van der Waals surface area contributed by atoms with Gasteiger partial charge in [0, 0.05) is 17.2 Å². The Hall–Kier alpha value is -2.40. The Morgan fingerprint density at radius 2 is 1.89 bits per heavy atom. The van der Waals surface area contributed by atoms with Gasteiger partial charge in [0.2, 0.25) is 0 Å². The average molecular weight is 277 g/mol. The summed E-state index contributed by atoms with van der Waals surface area (Å²) in [7, 11) is 0. The fourth-order valence-corrected chi connectivity index (χ4v) is 1.67. The molecule has 5 nitrogen and oxygen atoms in total. The molecule has 2 rings (SSSR count). The zero-order valence-corrected chi connectivity index (χ0v) is 10.6. The van der Waals surface area contributed by atoms with E-state index in [2.05, 4.69) is 4.99 Å². The average Bonchev–Trinajstić information content (AvgIpc) is 2.41. The number of nitro benzene ring substituents is 1. The van der Waals surface area contributed by atoms with E-state index in [9.17, 15) is 10.1 Å². The van der Waals surface area contributed by atoms with E-state index in [-0.39, 0.29) is 5.69 Å². The number of hydrogen-bond acceptors (Lipinski definition) is 2. The smallest absolute Gasteiger partial charge is 0.278 e. The van der Waals surface area contributed by atoms with Crippen LogP contribution in [-0.2, 0) is 0 Å². The molecule has 0 spiro atoms. The van der Waals surface area contributed by atoms with Crippen molar-refractivity contribution in [3.05, 3.63) is 69.2 Å². The van der Waals surface area contributed by atoms with Gasteiger partial charge >= 0.3 is 0 Å². The number of nitro groups is 1. The predicted octanol–water partition coefficient (Wildman–Crippen LogP) is 1.37. The van der Waals surface area contributed by atoms with Crippen LogP contribution in [0.15, 0.2) is 48.5 Å². The van der Waals surface area contributed by atoms with Gasteiger partial charge in [-0.15, -0.1) is 0 Å². The van der Waals surface area contributed by atoms with Crippen molar-refractivity contribution >= 4 is 28.8 Å². The molecular weight excluding hydrogens is 266 g/mol. The Morgan fingerprint density at radius 1 is 1.21 bits per heavy atom. The van der Waals surface area contributed by atoms with Crippen molar-refractivity contribution in [3.63, 3.8) is 0 Å². The summed E-state index contributed by atoms with van der Waals surface area (Å²) >= 11 is 5.78. The summed E-state index contributed by atoms with van der Waals surface area (Å²) in [5.41, 5.74) is 7.20. The van der Waals surface area contributed by atoms with Crippen LogP contribution in [0.3, 0.4) is 0 Å². The molecule has 0 aromatic heterocycles. The fraction of sp³-hybridized carbons (Fsp3) is 0. The molecule has 3 N–H and O–H groups in total. The maximum absolute atomic E-state index is 10.7. The SMILES string of the molecule is NC(=[NH+]c1ccc(Cl)cc1)c1cccc([N+](=O)[O-])c1. The molecule has 0 amide bonds. The molecule has 2 aromatic rings. The van der Waals surface area contributed by atoms with Crippen molar-refractivity contribution in [2.45, 2.75) is 0 Å². The van der Waals surface area contributed by atoms with Crippen LogP contribution in [0.5, 0.6) is 0 Å². The number of nitrogens with one attached hydrogen (secondary N) is 1. The molecule has 0 atom stereocenters. The number of nitrogen functional groups attached to an aromatic ring is 1. The van der Waals surface area contributed by atoms with E-state index < -0.39 is 4.92 Å². The first-order chi connectivity index (χ1) is 9.06. The summed E-state index contributed by atoms with van der Waals surface area (Å²) < 4.78 is 0. The second-order valence-electron chi connectivity index (χ2n) is 3.85. The first-order valence-corrected chi connectivity index (χ1v) is 5.84. The van der Waals surface area contributed by atoms with Crippen molar-refractivity contribution in [1.82, 2.24) is 0 Å².